The molecule has 7 heteroatoms. The lowest BCUT2D eigenvalue weighted by atomic mass is 9.88. The molecule has 1 fully saturated rings. The number of nitrogens with zero attached hydrogens (tertiary/aromatic N) is 1. The topological polar surface area (TPSA) is 93.9 Å². The van der Waals surface area contributed by atoms with Crippen molar-refractivity contribution in [3.05, 3.63) is 89.0 Å². The molecule has 0 unspecified atom stereocenters. The lowest BCUT2D eigenvalue weighted by Crippen LogP contribution is -2.36. The molecule has 0 saturated heterocycles. The number of para-hydroxylation sites is 1. The number of anilines is 1. The second kappa shape index (κ2) is 11.5. The van der Waals surface area contributed by atoms with E-state index in [9.17, 15) is 9.59 Å². The fourth-order valence-corrected chi connectivity index (χ4v) is 5.11. The first-order valence-electron chi connectivity index (χ1n) is 13.0. The molecule has 3 aromatic carbocycles. The molecule has 192 valence electrons. The maximum atomic E-state index is 13.7. The fourth-order valence-electron chi connectivity index (χ4n) is 5.11. The van der Waals surface area contributed by atoms with Gasteiger partial charge in [-0.05, 0) is 53.8 Å². The summed E-state index contributed by atoms with van der Waals surface area (Å²) in [6.45, 7) is 1.51. The van der Waals surface area contributed by atoms with Crippen LogP contribution in [0.5, 0.6) is 11.5 Å². The fraction of sp³-hybridized carbons (Fsp3) is 0.333. The van der Waals surface area contributed by atoms with Crippen LogP contribution in [0.3, 0.4) is 0 Å². The molecule has 1 heterocycles. The van der Waals surface area contributed by atoms with Crippen LogP contribution in [0.25, 0.3) is 0 Å². The molecule has 1 aliphatic carbocycles. The average Bonchev–Trinajstić information content (AvgIpc) is 3.42. The first kappa shape index (κ1) is 24.8. The van der Waals surface area contributed by atoms with Crippen molar-refractivity contribution in [2.75, 3.05) is 12.1 Å². The van der Waals surface area contributed by atoms with Crippen LogP contribution in [-0.2, 0) is 24.4 Å². The Balaban J connectivity index is 1.37. The number of fused-ring (bicyclic) bond motifs is 1. The van der Waals surface area contributed by atoms with E-state index in [0.29, 0.717) is 42.4 Å². The molecule has 3 aromatic rings. The van der Waals surface area contributed by atoms with Crippen molar-refractivity contribution in [3.63, 3.8) is 0 Å². The number of benzene rings is 3. The van der Waals surface area contributed by atoms with E-state index in [-0.39, 0.29) is 24.5 Å². The summed E-state index contributed by atoms with van der Waals surface area (Å²) in [4.78, 5) is 28.7. The number of rotatable bonds is 8. The number of carbonyl (C=O) groups excluding carboxylic acids is 2. The summed E-state index contributed by atoms with van der Waals surface area (Å²) in [7, 11) is 0. The third kappa shape index (κ3) is 5.94. The van der Waals surface area contributed by atoms with Gasteiger partial charge >= 0.3 is 0 Å². The highest BCUT2D eigenvalue weighted by Crippen LogP contribution is 2.33. The summed E-state index contributed by atoms with van der Waals surface area (Å²) in [6.07, 6.45) is 5.24. The van der Waals surface area contributed by atoms with Crippen molar-refractivity contribution in [1.82, 2.24) is 4.90 Å². The zero-order valence-corrected chi connectivity index (χ0v) is 20.9. The largest absolute Gasteiger partial charge is 0.454 e. The zero-order chi connectivity index (χ0) is 25.6. The Hall–Kier alpha value is -3.84. The highest BCUT2D eigenvalue weighted by Gasteiger charge is 2.27. The normalized spacial score (nSPS) is 14.8. The van der Waals surface area contributed by atoms with Crippen molar-refractivity contribution in [2.24, 2.45) is 11.7 Å². The molecular formula is C30H33N3O4. The first-order chi connectivity index (χ1) is 18.1. The van der Waals surface area contributed by atoms with Gasteiger partial charge in [0.25, 0.3) is 5.91 Å². The van der Waals surface area contributed by atoms with E-state index in [4.69, 9.17) is 15.2 Å². The van der Waals surface area contributed by atoms with Crippen molar-refractivity contribution in [2.45, 2.75) is 51.7 Å². The van der Waals surface area contributed by atoms with Gasteiger partial charge in [0.15, 0.2) is 11.5 Å². The summed E-state index contributed by atoms with van der Waals surface area (Å²) < 4.78 is 10.8. The van der Waals surface area contributed by atoms with Gasteiger partial charge in [-0.1, -0.05) is 61.7 Å². The summed E-state index contributed by atoms with van der Waals surface area (Å²) in [5, 5.41) is 3.03. The molecule has 0 bridgehead atoms. The number of hydrogen-bond donors (Lipinski definition) is 2. The maximum Gasteiger partial charge on any atom is 0.255 e. The second-order valence-corrected chi connectivity index (χ2v) is 9.73. The van der Waals surface area contributed by atoms with Crippen molar-refractivity contribution in [1.29, 1.82) is 0 Å². The monoisotopic (exact) mass is 499 g/mol. The second-order valence-electron chi connectivity index (χ2n) is 9.73. The predicted molar refractivity (Wildman–Crippen MR) is 142 cm³/mol. The van der Waals surface area contributed by atoms with Crippen LogP contribution in [0.1, 0.15) is 59.2 Å². The van der Waals surface area contributed by atoms with E-state index >= 15 is 0 Å². The lowest BCUT2D eigenvalue weighted by Gasteiger charge is -2.30. The Morgan fingerprint density at radius 1 is 0.865 bits per heavy atom. The molecule has 2 amide bonds. The predicted octanol–water partition coefficient (Wildman–Crippen LogP) is 5.24. The molecule has 0 spiro atoms. The van der Waals surface area contributed by atoms with Crippen molar-refractivity contribution in [3.8, 4) is 11.5 Å². The molecular weight excluding hydrogens is 466 g/mol. The number of hydrogen-bond acceptors (Lipinski definition) is 5. The van der Waals surface area contributed by atoms with Crippen LogP contribution < -0.4 is 20.5 Å². The highest BCUT2D eigenvalue weighted by atomic mass is 16.7. The minimum atomic E-state index is -0.244. The zero-order valence-electron chi connectivity index (χ0n) is 20.9. The third-order valence-corrected chi connectivity index (χ3v) is 7.13. The van der Waals surface area contributed by atoms with Gasteiger partial charge in [-0.25, -0.2) is 0 Å². The molecule has 37 heavy (non-hydrogen) atoms. The van der Waals surface area contributed by atoms with E-state index in [0.717, 1.165) is 42.4 Å². The molecule has 1 aliphatic heterocycles. The van der Waals surface area contributed by atoms with Crippen LogP contribution in [0, 0.1) is 5.92 Å². The van der Waals surface area contributed by atoms with Crippen LogP contribution in [0.15, 0.2) is 66.7 Å². The highest BCUT2D eigenvalue weighted by molar-refractivity contribution is 6.05. The SMILES string of the molecule is NCc1cccc(CN(Cc2ccccc2NC(=O)c2ccc3c(c2)OCO3)C(=O)C2CCCCC2)c1. The number of nitrogens with one attached hydrogen (secondary N) is 1. The van der Waals surface area contributed by atoms with Gasteiger partial charge in [0, 0.05) is 36.8 Å². The van der Waals surface area contributed by atoms with Crippen LogP contribution in [0.2, 0.25) is 0 Å². The van der Waals surface area contributed by atoms with Crippen LogP contribution in [0.4, 0.5) is 5.69 Å². The van der Waals surface area contributed by atoms with E-state index in [1.54, 1.807) is 18.2 Å². The molecule has 3 N–H and O–H groups in total. The van der Waals surface area contributed by atoms with Gasteiger partial charge in [-0.2, -0.15) is 0 Å². The summed E-state index contributed by atoms with van der Waals surface area (Å²) in [5.41, 5.74) is 10.00. The summed E-state index contributed by atoms with van der Waals surface area (Å²) in [6, 6.07) is 20.9. The Bertz CT molecular complexity index is 1270. The number of carbonyl (C=O) groups is 2. The van der Waals surface area contributed by atoms with Crippen LogP contribution >= 0.6 is 0 Å². The van der Waals surface area contributed by atoms with Gasteiger partial charge in [0.05, 0.1) is 0 Å². The summed E-state index contributed by atoms with van der Waals surface area (Å²) in [5.74, 6) is 1.17. The molecule has 2 aliphatic rings. The minimum Gasteiger partial charge on any atom is -0.454 e. The average molecular weight is 500 g/mol. The Morgan fingerprint density at radius 3 is 2.49 bits per heavy atom. The molecule has 0 radical (unpaired) electrons. The van der Waals surface area contributed by atoms with Crippen LogP contribution in [-0.4, -0.2) is 23.5 Å². The smallest absolute Gasteiger partial charge is 0.255 e. The third-order valence-electron chi connectivity index (χ3n) is 7.13. The van der Waals surface area contributed by atoms with Crippen molar-refractivity contribution >= 4 is 17.5 Å². The van der Waals surface area contributed by atoms with E-state index < -0.39 is 0 Å². The van der Waals surface area contributed by atoms with Gasteiger partial charge in [-0.3, -0.25) is 9.59 Å². The molecule has 0 aromatic heterocycles. The number of amides is 2. The molecule has 5 rings (SSSR count). The maximum absolute atomic E-state index is 13.7. The molecule has 7 nitrogen and oxygen atoms in total. The van der Waals surface area contributed by atoms with Gasteiger partial charge < -0.3 is 25.4 Å². The molecule has 0 atom stereocenters. The van der Waals surface area contributed by atoms with Gasteiger partial charge in [0.1, 0.15) is 0 Å². The Kier molecular flexibility index (Phi) is 7.70. The summed E-state index contributed by atoms with van der Waals surface area (Å²) >= 11 is 0. The number of ether oxygens (including phenoxy) is 2. The Morgan fingerprint density at radius 2 is 1.65 bits per heavy atom. The van der Waals surface area contributed by atoms with Gasteiger partial charge in [-0.15, -0.1) is 0 Å². The first-order valence-corrected chi connectivity index (χ1v) is 13.0. The van der Waals surface area contributed by atoms with E-state index in [2.05, 4.69) is 11.4 Å². The van der Waals surface area contributed by atoms with Gasteiger partial charge in [0.2, 0.25) is 12.7 Å². The Labute approximate surface area is 217 Å². The number of nitrogens with two attached hydrogens (primary N) is 1. The minimum absolute atomic E-state index is 0.0434. The van der Waals surface area contributed by atoms with E-state index in [1.165, 1.54) is 6.42 Å². The molecule has 1 saturated carbocycles. The standard InChI is InChI=1S/C30H33N3O4/c31-17-21-7-6-8-22(15-21)18-33(30(35)23-9-2-1-3-10-23)19-25-11-4-5-12-26(25)32-29(34)24-13-14-27-28(16-24)37-20-36-27/h4-8,11-16,23H,1-3,9-10,17-20,31H2,(H,32,34). The van der Waals surface area contributed by atoms with Crippen molar-refractivity contribution < 1.29 is 19.1 Å². The quantitative estimate of drug-likeness (QED) is 0.442. The lowest BCUT2D eigenvalue weighted by molar-refractivity contribution is -0.137. The van der Waals surface area contributed by atoms with E-state index in [1.807, 2.05) is 47.4 Å².